The molecule has 1 saturated carbocycles. The fourth-order valence-corrected chi connectivity index (χ4v) is 5.17. The molecule has 1 aliphatic carbocycles. The highest BCUT2D eigenvalue weighted by Crippen LogP contribution is 2.35. The molecule has 2 heterocycles. The van der Waals surface area contributed by atoms with Crippen molar-refractivity contribution < 1.29 is 9.53 Å². The van der Waals surface area contributed by atoms with Crippen molar-refractivity contribution in [3.63, 3.8) is 0 Å². The van der Waals surface area contributed by atoms with Crippen LogP contribution < -0.4 is 5.32 Å². The Hall–Kier alpha value is -1.59. The summed E-state index contributed by atoms with van der Waals surface area (Å²) >= 11 is 0. The number of carbonyl (C=O) groups is 1. The van der Waals surface area contributed by atoms with E-state index in [9.17, 15) is 4.79 Å². The van der Waals surface area contributed by atoms with E-state index in [0.717, 1.165) is 58.8 Å². The second-order valence-corrected chi connectivity index (χ2v) is 8.36. The van der Waals surface area contributed by atoms with Gasteiger partial charge in [-0.2, -0.15) is 0 Å². The van der Waals surface area contributed by atoms with Crippen LogP contribution in [0.5, 0.6) is 0 Å². The van der Waals surface area contributed by atoms with E-state index in [2.05, 4.69) is 40.5 Å². The molecule has 5 nitrogen and oxygen atoms in total. The van der Waals surface area contributed by atoms with Gasteiger partial charge >= 0.3 is 6.03 Å². The van der Waals surface area contributed by atoms with Crippen LogP contribution in [-0.2, 0) is 4.74 Å². The maximum absolute atomic E-state index is 12.8. The third-order valence-electron chi connectivity index (χ3n) is 6.84. The topological polar surface area (TPSA) is 44.8 Å². The maximum Gasteiger partial charge on any atom is 0.317 e. The minimum Gasteiger partial charge on any atom is -0.379 e. The summed E-state index contributed by atoms with van der Waals surface area (Å²) in [4.78, 5) is 17.4. The lowest BCUT2D eigenvalue weighted by molar-refractivity contribution is -0.0198. The molecule has 1 aromatic rings. The van der Waals surface area contributed by atoms with Gasteiger partial charge in [0.15, 0.2) is 0 Å². The minimum atomic E-state index is 0.126. The number of rotatable bonds is 4. The molecule has 3 aliphatic rings. The lowest BCUT2D eigenvalue weighted by Crippen LogP contribution is -2.58. The molecule has 0 bridgehead atoms. The molecule has 148 valence electrons. The largest absolute Gasteiger partial charge is 0.379 e. The van der Waals surface area contributed by atoms with Gasteiger partial charge in [-0.1, -0.05) is 43.2 Å². The maximum atomic E-state index is 12.8. The molecule has 0 unspecified atom stereocenters. The summed E-state index contributed by atoms with van der Waals surface area (Å²) in [7, 11) is 0. The van der Waals surface area contributed by atoms with Crippen LogP contribution in [0.2, 0.25) is 0 Å². The van der Waals surface area contributed by atoms with E-state index in [1.807, 2.05) is 4.90 Å². The third kappa shape index (κ3) is 4.30. The molecule has 3 fully saturated rings. The van der Waals surface area contributed by atoms with Gasteiger partial charge in [0.25, 0.3) is 0 Å². The van der Waals surface area contributed by atoms with Crippen LogP contribution in [0.15, 0.2) is 30.3 Å². The summed E-state index contributed by atoms with van der Waals surface area (Å²) in [5.41, 5.74) is 1.57. The number of likely N-dealkylation sites (tertiary alicyclic amines) is 1. The molecule has 4 rings (SSSR count). The molecule has 27 heavy (non-hydrogen) atoms. The highest BCUT2D eigenvalue weighted by molar-refractivity contribution is 5.74. The van der Waals surface area contributed by atoms with E-state index >= 15 is 0 Å². The van der Waals surface area contributed by atoms with E-state index in [0.29, 0.717) is 5.92 Å². The summed E-state index contributed by atoms with van der Waals surface area (Å²) in [6.07, 6.45) is 7.07. The van der Waals surface area contributed by atoms with Gasteiger partial charge in [0.05, 0.1) is 13.2 Å². The van der Waals surface area contributed by atoms with E-state index in [1.165, 1.54) is 31.2 Å². The highest BCUT2D eigenvalue weighted by Gasteiger charge is 2.40. The van der Waals surface area contributed by atoms with Crippen LogP contribution >= 0.6 is 0 Å². The van der Waals surface area contributed by atoms with Crippen molar-refractivity contribution in [1.82, 2.24) is 15.1 Å². The summed E-state index contributed by atoms with van der Waals surface area (Å²) < 4.78 is 5.53. The Morgan fingerprint density at radius 2 is 1.70 bits per heavy atom. The molecule has 0 atom stereocenters. The zero-order valence-electron chi connectivity index (χ0n) is 16.4. The van der Waals surface area contributed by atoms with E-state index in [4.69, 9.17) is 4.74 Å². The quantitative estimate of drug-likeness (QED) is 0.884. The van der Waals surface area contributed by atoms with Gasteiger partial charge in [-0.25, -0.2) is 4.79 Å². The Morgan fingerprint density at radius 3 is 2.37 bits per heavy atom. The van der Waals surface area contributed by atoms with Crippen molar-refractivity contribution in [3.05, 3.63) is 35.9 Å². The summed E-state index contributed by atoms with van der Waals surface area (Å²) in [5, 5.41) is 3.29. The van der Waals surface area contributed by atoms with Gasteiger partial charge in [-0.15, -0.1) is 0 Å². The highest BCUT2D eigenvalue weighted by atomic mass is 16.5. The molecule has 0 aromatic heterocycles. The Morgan fingerprint density at radius 1 is 1.04 bits per heavy atom. The zero-order chi connectivity index (χ0) is 18.5. The SMILES string of the molecule is O=C(NCC1(N2CCOCC2)CCCC1)N1CCC(c2ccccc2)CC1. The summed E-state index contributed by atoms with van der Waals surface area (Å²) in [5.74, 6) is 0.588. The van der Waals surface area contributed by atoms with E-state index in [1.54, 1.807) is 0 Å². The van der Waals surface area contributed by atoms with Crippen molar-refractivity contribution in [2.75, 3.05) is 45.9 Å². The molecular weight excluding hydrogens is 338 g/mol. The van der Waals surface area contributed by atoms with Crippen LogP contribution in [-0.4, -0.2) is 67.3 Å². The first kappa shape index (κ1) is 18.8. The van der Waals surface area contributed by atoms with Gasteiger partial charge in [-0.3, -0.25) is 4.90 Å². The zero-order valence-corrected chi connectivity index (χ0v) is 16.4. The number of hydrogen-bond donors (Lipinski definition) is 1. The number of hydrogen-bond acceptors (Lipinski definition) is 3. The average Bonchev–Trinajstić information content (AvgIpc) is 3.24. The van der Waals surface area contributed by atoms with Crippen molar-refractivity contribution >= 4 is 6.03 Å². The summed E-state index contributed by atoms with van der Waals surface area (Å²) in [6, 6.07) is 10.8. The van der Waals surface area contributed by atoms with Gasteiger partial charge in [-0.05, 0) is 37.2 Å². The number of nitrogens with one attached hydrogen (secondary N) is 1. The van der Waals surface area contributed by atoms with Gasteiger partial charge < -0.3 is 15.0 Å². The number of amides is 2. The van der Waals surface area contributed by atoms with Crippen LogP contribution in [0.1, 0.15) is 50.0 Å². The molecular formula is C22H33N3O2. The number of urea groups is 1. The smallest absolute Gasteiger partial charge is 0.317 e. The molecule has 1 N–H and O–H groups in total. The molecule has 5 heteroatoms. The van der Waals surface area contributed by atoms with Crippen LogP contribution in [0, 0.1) is 0 Å². The van der Waals surface area contributed by atoms with Crippen molar-refractivity contribution in [1.29, 1.82) is 0 Å². The van der Waals surface area contributed by atoms with Gasteiger partial charge in [0, 0.05) is 38.3 Å². The van der Waals surface area contributed by atoms with Crippen molar-refractivity contribution in [2.45, 2.75) is 50.0 Å². The molecule has 0 spiro atoms. The number of morpholine rings is 1. The Balaban J connectivity index is 1.29. The number of nitrogens with zero attached hydrogens (tertiary/aromatic N) is 2. The lowest BCUT2D eigenvalue weighted by atomic mass is 9.89. The molecule has 1 aromatic carbocycles. The second kappa shape index (κ2) is 8.61. The minimum absolute atomic E-state index is 0.126. The van der Waals surface area contributed by atoms with Crippen LogP contribution in [0.25, 0.3) is 0 Å². The monoisotopic (exact) mass is 371 g/mol. The Kier molecular flexibility index (Phi) is 5.98. The van der Waals surface area contributed by atoms with Crippen molar-refractivity contribution in [2.24, 2.45) is 0 Å². The Bertz CT molecular complexity index is 601. The van der Waals surface area contributed by atoms with Gasteiger partial charge in [0.1, 0.15) is 0 Å². The number of ether oxygens (including phenoxy) is 1. The molecule has 2 saturated heterocycles. The Labute approximate surface area is 163 Å². The van der Waals surface area contributed by atoms with E-state index in [-0.39, 0.29) is 11.6 Å². The van der Waals surface area contributed by atoms with E-state index < -0.39 is 0 Å². The fourth-order valence-electron chi connectivity index (χ4n) is 5.17. The molecule has 0 radical (unpaired) electrons. The molecule has 2 amide bonds. The molecule has 2 aliphatic heterocycles. The number of carbonyl (C=O) groups excluding carboxylic acids is 1. The standard InChI is InChI=1S/C22H33N3O2/c26-21(24-12-8-20(9-13-24)19-6-2-1-3-7-19)23-18-22(10-4-5-11-22)25-14-16-27-17-15-25/h1-3,6-7,20H,4-5,8-18H2,(H,23,26). The number of benzene rings is 1. The normalized spacial score (nSPS) is 24.1. The van der Waals surface area contributed by atoms with Crippen LogP contribution in [0.3, 0.4) is 0 Å². The lowest BCUT2D eigenvalue weighted by Gasteiger charge is -2.44. The fraction of sp³-hybridized carbons (Fsp3) is 0.682. The second-order valence-electron chi connectivity index (χ2n) is 8.36. The average molecular weight is 372 g/mol. The first-order chi connectivity index (χ1) is 13.3. The van der Waals surface area contributed by atoms with Crippen molar-refractivity contribution in [3.8, 4) is 0 Å². The first-order valence-electron chi connectivity index (χ1n) is 10.7. The predicted molar refractivity (Wildman–Crippen MR) is 107 cm³/mol. The van der Waals surface area contributed by atoms with Crippen LogP contribution in [0.4, 0.5) is 4.79 Å². The van der Waals surface area contributed by atoms with Gasteiger partial charge in [0.2, 0.25) is 0 Å². The summed E-state index contributed by atoms with van der Waals surface area (Å²) in [6.45, 7) is 6.14. The first-order valence-corrected chi connectivity index (χ1v) is 10.7. The number of piperidine rings is 1. The predicted octanol–water partition coefficient (Wildman–Crippen LogP) is 3.22. The third-order valence-corrected chi connectivity index (χ3v) is 6.84.